The Bertz CT molecular complexity index is 3220. The third kappa shape index (κ3) is 10.5. The van der Waals surface area contributed by atoms with Gasteiger partial charge in [0.05, 0.1) is 51.5 Å². The minimum absolute atomic E-state index is 0.965. The quantitative estimate of drug-likeness (QED) is 0.145. The molecule has 0 radical (unpaired) electrons. The molecule has 72 heavy (non-hydrogen) atoms. The van der Waals surface area contributed by atoms with Crippen LogP contribution in [-0.4, -0.2) is 72.9 Å². The molecule has 0 fully saturated rings. The van der Waals surface area contributed by atoms with E-state index in [9.17, 15) is 0 Å². The molecule has 0 saturated heterocycles. The predicted molar refractivity (Wildman–Crippen MR) is 295 cm³/mol. The second-order valence-electron chi connectivity index (χ2n) is 18.8. The molecule has 0 atom stereocenters. The maximum Gasteiger partial charge on any atom is 0.157 e. The Balaban J connectivity index is 0.000000127. The van der Waals surface area contributed by atoms with Gasteiger partial charge in [0.1, 0.15) is 5.65 Å². The van der Waals surface area contributed by atoms with E-state index in [1.807, 2.05) is 132 Å². The van der Waals surface area contributed by atoms with Crippen molar-refractivity contribution in [2.75, 3.05) is 0 Å². The minimum atomic E-state index is 0.965. The summed E-state index contributed by atoms with van der Waals surface area (Å²) in [6.45, 7) is 24.8. The Morgan fingerprint density at radius 3 is 1.26 bits per heavy atom. The van der Waals surface area contributed by atoms with Gasteiger partial charge in [-0.2, -0.15) is 15.3 Å². The summed E-state index contributed by atoms with van der Waals surface area (Å²) in [4.78, 5) is 25.4. The Hall–Kier alpha value is -8.07. The molecule has 0 bridgehead atoms. The molecule has 372 valence electrons. The summed E-state index contributed by atoms with van der Waals surface area (Å²) in [7, 11) is 12.0. The van der Waals surface area contributed by atoms with Gasteiger partial charge in [-0.25, -0.2) is 9.97 Å². The molecule has 0 aliphatic rings. The number of nitrogens with zero attached hydrogens (tertiary/aromatic N) is 15. The number of aryl methyl sites for hydroxylation is 18. The average Bonchev–Trinajstić information content (AvgIpc) is 4.14. The second-order valence-corrected chi connectivity index (χ2v) is 18.8. The smallest absolute Gasteiger partial charge is 0.157 e. The molecule has 15 nitrogen and oxygen atoms in total. The van der Waals surface area contributed by atoms with Gasteiger partial charge in [-0.3, -0.25) is 34.0 Å². The van der Waals surface area contributed by atoms with Crippen molar-refractivity contribution in [2.24, 2.45) is 42.3 Å². The molecule has 15 heteroatoms. The van der Waals surface area contributed by atoms with Crippen LogP contribution in [0, 0.1) is 83.1 Å². The number of hydrogen-bond acceptors (Lipinski definition) is 9. The van der Waals surface area contributed by atoms with Crippen molar-refractivity contribution in [3.8, 4) is 0 Å². The van der Waals surface area contributed by atoms with Crippen LogP contribution < -0.4 is 0 Å². The maximum absolute atomic E-state index is 4.33. The molecule has 0 saturated carbocycles. The van der Waals surface area contributed by atoms with Gasteiger partial charge >= 0.3 is 0 Å². The molecule has 0 N–H and O–H groups in total. The molecular weight excluding hydrogens is 895 g/mol. The summed E-state index contributed by atoms with van der Waals surface area (Å²) < 4.78 is 11.9. The van der Waals surface area contributed by atoms with Gasteiger partial charge in [-0.15, -0.1) is 0 Å². The number of fused-ring (bicyclic) bond motifs is 6. The van der Waals surface area contributed by atoms with Crippen molar-refractivity contribution in [2.45, 2.75) is 83.1 Å². The van der Waals surface area contributed by atoms with Gasteiger partial charge in [-0.05, 0) is 146 Å². The van der Waals surface area contributed by atoms with E-state index in [0.717, 1.165) is 50.8 Å². The highest BCUT2D eigenvalue weighted by Crippen LogP contribution is 2.25. The molecule has 0 spiro atoms. The Labute approximate surface area is 422 Å². The van der Waals surface area contributed by atoms with Crippen molar-refractivity contribution in [3.05, 3.63) is 160 Å². The van der Waals surface area contributed by atoms with Gasteiger partial charge in [0.15, 0.2) is 5.65 Å². The fraction of sp³-hybridized carbons (Fsp3) is 0.316. The standard InChI is InChI=1S/3C10H12N2.3C9H11N3/c1-7-4-11-5-9-10(7)8(2)6-12(9)3;1-7-6-12(3)9-4-5-11-8(2)10(7)9;1-7-4-5-11-10-9(7)8(2)6-12(10)3;1-6-4-10-5-8-9(6)7(2)11-12(8)3;1-6-9-7(2)11-12(3)8(9)4-5-10-6;1-6-4-5-10-9-8(6)7(2)11-12(9)3/h3*4-6H,1-3H3;3*4-5H,1-3H3. The van der Waals surface area contributed by atoms with Gasteiger partial charge in [0, 0.05) is 142 Å². The summed E-state index contributed by atoms with van der Waals surface area (Å²) >= 11 is 0. The van der Waals surface area contributed by atoms with Crippen LogP contribution in [0.2, 0.25) is 0 Å². The normalized spacial score (nSPS) is 10.9. The third-order valence-corrected chi connectivity index (χ3v) is 13.2. The van der Waals surface area contributed by atoms with Gasteiger partial charge < -0.3 is 13.7 Å². The second kappa shape index (κ2) is 21.5. The third-order valence-electron chi connectivity index (χ3n) is 13.2. The Morgan fingerprint density at radius 1 is 0.292 bits per heavy atom. The lowest BCUT2D eigenvalue weighted by Gasteiger charge is -1.97. The van der Waals surface area contributed by atoms with Crippen LogP contribution in [0.4, 0.5) is 0 Å². The van der Waals surface area contributed by atoms with Gasteiger partial charge in [0.25, 0.3) is 0 Å². The van der Waals surface area contributed by atoms with E-state index < -0.39 is 0 Å². The summed E-state index contributed by atoms with van der Waals surface area (Å²) in [5.74, 6) is 0. The van der Waals surface area contributed by atoms with E-state index in [1.165, 1.54) is 82.3 Å². The Kier molecular flexibility index (Phi) is 15.5. The monoisotopic (exact) mass is 964 g/mol. The number of hydrogen-bond donors (Lipinski definition) is 0. The SMILES string of the molecule is Cc1ccnc2c1c(C)cn2C.Cc1ccnc2c1c(C)nn2C.Cc1cn(C)c2ccnc(C)c12.Cc1cncc2c1c(C)cn2C.Cc1cncc2c1c(C)nn2C.Cc1nccc2c1c(C)nn2C. The van der Waals surface area contributed by atoms with Crippen molar-refractivity contribution < 1.29 is 0 Å². The number of aromatic nitrogens is 15. The van der Waals surface area contributed by atoms with E-state index >= 15 is 0 Å². The molecule has 12 aromatic rings. The summed E-state index contributed by atoms with van der Waals surface area (Å²) in [5, 5.41) is 20.5. The fourth-order valence-corrected chi connectivity index (χ4v) is 9.98. The zero-order valence-corrected chi connectivity index (χ0v) is 45.4. The fourth-order valence-electron chi connectivity index (χ4n) is 9.98. The topological polar surface area (TPSA) is 146 Å². The Morgan fingerprint density at radius 2 is 0.708 bits per heavy atom. The molecule has 12 aromatic heterocycles. The summed E-state index contributed by atoms with van der Waals surface area (Å²) in [6, 6.07) is 8.10. The number of rotatable bonds is 0. The molecule has 0 aliphatic carbocycles. The molecule has 0 aromatic carbocycles. The minimum Gasteiger partial charge on any atom is -0.350 e. The van der Waals surface area contributed by atoms with Crippen molar-refractivity contribution in [3.63, 3.8) is 0 Å². The van der Waals surface area contributed by atoms with E-state index in [1.54, 1.807) is 0 Å². The van der Waals surface area contributed by atoms with Crippen LogP contribution in [0.3, 0.4) is 0 Å². The average molecular weight is 964 g/mol. The molecule has 0 aliphatic heterocycles. The zero-order chi connectivity index (χ0) is 52.3. The highest BCUT2D eigenvalue weighted by Gasteiger charge is 2.10. The van der Waals surface area contributed by atoms with Crippen LogP contribution in [0.15, 0.2) is 92.4 Å². The van der Waals surface area contributed by atoms with Crippen LogP contribution in [0.1, 0.15) is 67.4 Å². The lowest BCUT2D eigenvalue weighted by atomic mass is 10.1. The molecular formula is C57H69N15. The lowest BCUT2D eigenvalue weighted by molar-refractivity contribution is 0.774. The van der Waals surface area contributed by atoms with Gasteiger partial charge in [-0.1, -0.05) is 0 Å². The first-order valence-corrected chi connectivity index (χ1v) is 24.0. The predicted octanol–water partition coefficient (Wildman–Crippen LogP) is 11.3. The van der Waals surface area contributed by atoms with Crippen molar-refractivity contribution >= 4 is 65.7 Å². The lowest BCUT2D eigenvalue weighted by Crippen LogP contribution is -1.91. The molecule has 0 amide bonds. The van der Waals surface area contributed by atoms with E-state index in [-0.39, 0.29) is 0 Å². The largest absolute Gasteiger partial charge is 0.350 e. The van der Waals surface area contributed by atoms with Crippen LogP contribution >= 0.6 is 0 Å². The van der Waals surface area contributed by atoms with Crippen LogP contribution in [0.25, 0.3) is 65.7 Å². The van der Waals surface area contributed by atoms with Crippen LogP contribution in [0.5, 0.6) is 0 Å². The van der Waals surface area contributed by atoms with E-state index in [0.29, 0.717) is 0 Å². The molecule has 12 heterocycles. The maximum atomic E-state index is 4.33. The first-order valence-electron chi connectivity index (χ1n) is 24.0. The van der Waals surface area contributed by atoms with E-state index in [2.05, 4.69) is 159 Å². The highest BCUT2D eigenvalue weighted by atomic mass is 15.3. The first-order chi connectivity index (χ1) is 34.2. The first kappa shape index (κ1) is 51.8. The van der Waals surface area contributed by atoms with Crippen molar-refractivity contribution in [1.29, 1.82) is 0 Å². The number of pyridine rings is 6. The highest BCUT2D eigenvalue weighted by molar-refractivity contribution is 5.88. The zero-order valence-electron chi connectivity index (χ0n) is 45.4. The molecule has 12 rings (SSSR count). The molecule has 0 unspecified atom stereocenters. The summed E-state index contributed by atoms with van der Waals surface area (Å²) in [5.41, 5.74) is 21.1. The summed E-state index contributed by atoms with van der Waals surface area (Å²) in [6.07, 6.45) is 21.3. The van der Waals surface area contributed by atoms with Gasteiger partial charge in [0.2, 0.25) is 0 Å². The van der Waals surface area contributed by atoms with Crippen molar-refractivity contribution in [1.82, 2.24) is 72.9 Å². The van der Waals surface area contributed by atoms with Crippen LogP contribution in [-0.2, 0) is 42.3 Å². The van der Waals surface area contributed by atoms with E-state index in [4.69, 9.17) is 0 Å².